The van der Waals surface area contributed by atoms with Crippen molar-refractivity contribution in [2.45, 2.75) is 12.8 Å². The van der Waals surface area contributed by atoms with Gasteiger partial charge in [-0.2, -0.15) is 22.9 Å². The van der Waals surface area contributed by atoms with Crippen molar-refractivity contribution in [2.75, 3.05) is 0 Å². The molecule has 0 bridgehead atoms. The third-order valence-corrected chi connectivity index (χ3v) is 6.65. The lowest BCUT2D eigenvalue weighted by molar-refractivity contribution is -0.137. The normalized spacial score (nSPS) is 11.8. The largest absolute Gasteiger partial charge is 0.487 e. The van der Waals surface area contributed by atoms with E-state index in [4.69, 9.17) is 16.3 Å². The summed E-state index contributed by atoms with van der Waals surface area (Å²) in [6.07, 6.45) is -3.28. The maximum Gasteiger partial charge on any atom is 0.416 e. The number of aromatic nitrogens is 2. The monoisotopic (exact) mass is 629 g/mol. The molecule has 0 amide bonds. The van der Waals surface area contributed by atoms with E-state index in [-0.39, 0.29) is 29.2 Å². The summed E-state index contributed by atoms with van der Waals surface area (Å²) in [7, 11) is 0. The van der Waals surface area contributed by atoms with E-state index in [1.807, 2.05) is 0 Å². The Morgan fingerprint density at radius 1 is 1.00 bits per heavy atom. The van der Waals surface area contributed by atoms with Crippen LogP contribution < -0.4 is 10.3 Å². The molecule has 1 aromatic heterocycles. The number of rotatable bonds is 6. The molecule has 40 heavy (non-hydrogen) atoms. The summed E-state index contributed by atoms with van der Waals surface area (Å²) < 4.78 is 61.0. The smallest absolute Gasteiger partial charge is 0.416 e. The Bertz CT molecular complexity index is 1810. The summed E-state index contributed by atoms with van der Waals surface area (Å²) in [6.45, 7) is 0.0916. The zero-order valence-corrected chi connectivity index (χ0v) is 22.6. The second kappa shape index (κ2) is 11.2. The lowest BCUT2D eigenvalue weighted by Gasteiger charge is -2.13. The van der Waals surface area contributed by atoms with Gasteiger partial charge in [0.05, 0.1) is 27.2 Å². The molecule has 5 rings (SSSR count). The molecule has 0 fully saturated rings. The SMILES string of the molecule is O=c1c2ccccc2nc(-c2cccc(C(F)(F)F)c2)n1N=Cc1cc(Cl)cc(Br)c1OCc1ccc(F)cc1. The molecule has 0 aliphatic carbocycles. The van der Waals surface area contributed by atoms with Gasteiger partial charge in [0.25, 0.3) is 5.56 Å². The number of hydrogen-bond donors (Lipinski definition) is 0. The zero-order valence-electron chi connectivity index (χ0n) is 20.3. The van der Waals surface area contributed by atoms with Gasteiger partial charge in [0, 0.05) is 16.1 Å². The van der Waals surface area contributed by atoms with Gasteiger partial charge in [-0.15, -0.1) is 0 Å². The average Bonchev–Trinajstić information content (AvgIpc) is 2.92. The van der Waals surface area contributed by atoms with Gasteiger partial charge in [0.15, 0.2) is 5.82 Å². The van der Waals surface area contributed by atoms with Crippen LogP contribution >= 0.6 is 27.5 Å². The predicted octanol–water partition coefficient (Wildman–Crippen LogP) is 8.10. The number of nitrogens with zero attached hydrogens (tertiary/aromatic N) is 3. The summed E-state index contributed by atoms with van der Waals surface area (Å²) in [5.74, 6) is -0.129. The number of para-hydroxylation sites is 1. The lowest BCUT2D eigenvalue weighted by Crippen LogP contribution is -2.20. The average molecular weight is 631 g/mol. The van der Waals surface area contributed by atoms with E-state index in [0.29, 0.717) is 31.9 Å². The minimum absolute atomic E-state index is 0.0508. The Labute approximate surface area is 238 Å². The highest BCUT2D eigenvalue weighted by Crippen LogP contribution is 2.34. The van der Waals surface area contributed by atoms with E-state index < -0.39 is 17.3 Å². The first-order chi connectivity index (χ1) is 19.1. The minimum Gasteiger partial charge on any atom is -0.487 e. The summed E-state index contributed by atoms with van der Waals surface area (Å²) >= 11 is 9.67. The molecule has 0 spiro atoms. The van der Waals surface area contributed by atoms with Gasteiger partial charge >= 0.3 is 6.18 Å². The van der Waals surface area contributed by atoms with Crippen molar-refractivity contribution < 1.29 is 22.3 Å². The van der Waals surface area contributed by atoms with Crippen molar-refractivity contribution in [3.63, 3.8) is 0 Å². The van der Waals surface area contributed by atoms with Crippen LogP contribution in [0.4, 0.5) is 17.6 Å². The third-order valence-electron chi connectivity index (χ3n) is 5.85. The molecule has 0 radical (unpaired) electrons. The fraction of sp³-hybridized carbons (Fsp3) is 0.0690. The summed E-state index contributed by atoms with van der Waals surface area (Å²) in [5, 5.41) is 4.90. The molecule has 1 heterocycles. The highest BCUT2D eigenvalue weighted by molar-refractivity contribution is 9.10. The Morgan fingerprint density at radius 2 is 1.75 bits per heavy atom. The van der Waals surface area contributed by atoms with Gasteiger partial charge < -0.3 is 4.74 Å². The van der Waals surface area contributed by atoms with Gasteiger partial charge in [-0.25, -0.2) is 9.37 Å². The van der Waals surface area contributed by atoms with Crippen LogP contribution in [0.25, 0.3) is 22.3 Å². The van der Waals surface area contributed by atoms with Gasteiger partial charge in [-0.05, 0) is 70.0 Å². The standard InChI is InChI=1S/C29H17BrClF4N3O2/c30-24-14-21(31)13-19(26(24)40-16-17-8-10-22(32)11-9-17)15-36-38-27(18-4-3-5-20(12-18)29(33,34)35)37-25-7-2-1-6-23(25)28(38)39/h1-15H,16H2. The van der Waals surface area contributed by atoms with Gasteiger partial charge in [0.2, 0.25) is 0 Å². The first-order valence-electron chi connectivity index (χ1n) is 11.7. The molecule has 4 aromatic carbocycles. The quantitative estimate of drug-likeness (QED) is 0.141. The van der Waals surface area contributed by atoms with E-state index in [0.717, 1.165) is 16.8 Å². The molecular formula is C29H17BrClF4N3O2. The maximum absolute atomic E-state index is 13.5. The summed E-state index contributed by atoms with van der Waals surface area (Å²) in [4.78, 5) is 17.9. The second-order valence-electron chi connectivity index (χ2n) is 8.61. The number of fused-ring (bicyclic) bond motifs is 1. The minimum atomic E-state index is -4.59. The van der Waals surface area contributed by atoms with Crippen LogP contribution in [0.15, 0.2) is 99.3 Å². The topological polar surface area (TPSA) is 56.5 Å². The molecule has 0 aliphatic heterocycles. The fourth-order valence-corrected chi connectivity index (χ4v) is 4.89. The van der Waals surface area contributed by atoms with E-state index in [9.17, 15) is 22.4 Å². The molecule has 11 heteroatoms. The molecule has 0 unspecified atom stereocenters. The second-order valence-corrected chi connectivity index (χ2v) is 9.90. The van der Waals surface area contributed by atoms with E-state index in [2.05, 4.69) is 26.0 Å². The highest BCUT2D eigenvalue weighted by Gasteiger charge is 2.31. The summed E-state index contributed by atoms with van der Waals surface area (Å²) in [5.41, 5.74) is -0.0400. The van der Waals surface area contributed by atoms with Crippen LogP contribution in [0.3, 0.4) is 0 Å². The van der Waals surface area contributed by atoms with Crippen molar-refractivity contribution in [3.05, 3.63) is 127 Å². The Balaban J connectivity index is 1.62. The van der Waals surface area contributed by atoms with Crippen LogP contribution in [0.5, 0.6) is 5.75 Å². The molecule has 0 saturated carbocycles. The van der Waals surface area contributed by atoms with Crippen molar-refractivity contribution in [1.29, 1.82) is 0 Å². The molecule has 5 nitrogen and oxygen atoms in total. The summed E-state index contributed by atoms with van der Waals surface area (Å²) in [6, 6.07) is 19.9. The molecule has 5 aromatic rings. The number of halogens is 6. The van der Waals surface area contributed by atoms with Crippen LogP contribution in [-0.4, -0.2) is 15.9 Å². The van der Waals surface area contributed by atoms with Gasteiger partial charge in [0.1, 0.15) is 18.2 Å². The van der Waals surface area contributed by atoms with Crippen molar-refractivity contribution in [3.8, 4) is 17.1 Å². The molecule has 202 valence electrons. The Kier molecular flexibility index (Phi) is 7.73. The van der Waals surface area contributed by atoms with Gasteiger partial charge in [-0.3, -0.25) is 4.79 Å². The van der Waals surface area contributed by atoms with Crippen LogP contribution in [0.1, 0.15) is 16.7 Å². The van der Waals surface area contributed by atoms with Crippen molar-refractivity contribution in [2.24, 2.45) is 5.10 Å². The Morgan fingerprint density at radius 3 is 2.50 bits per heavy atom. The van der Waals surface area contributed by atoms with Crippen molar-refractivity contribution in [1.82, 2.24) is 9.66 Å². The number of hydrogen-bond acceptors (Lipinski definition) is 4. The molecular weight excluding hydrogens is 614 g/mol. The Hall–Kier alpha value is -4.02. The lowest BCUT2D eigenvalue weighted by atomic mass is 10.1. The van der Waals surface area contributed by atoms with E-state index in [1.54, 1.807) is 48.5 Å². The highest BCUT2D eigenvalue weighted by atomic mass is 79.9. The van der Waals surface area contributed by atoms with Gasteiger partial charge in [-0.1, -0.05) is 48.0 Å². The van der Waals surface area contributed by atoms with E-state index in [1.165, 1.54) is 30.5 Å². The maximum atomic E-state index is 13.5. The van der Waals surface area contributed by atoms with Crippen LogP contribution in [0.2, 0.25) is 5.02 Å². The number of alkyl halides is 3. The molecule has 0 N–H and O–H groups in total. The number of benzene rings is 4. The van der Waals surface area contributed by atoms with Crippen LogP contribution in [0, 0.1) is 5.82 Å². The van der Waals surface area contributed by atoms with Crippen LogP contribution in [-0.2, 0) is 12.8 Å². The third kappa shape index (κ3) is 5.93. The molecule has 0 aliphatic rings. The van der Waals surface area contributed by atoms with Crippen molar-refractivity contribution >= 4 is 44.6 Å². The zero-order chi connectivity index (χ0) is 28.4. The molecule has 0 saturated heterocycles. The first-order valence-corrected chi connectivity index (χ1v) is 12.9. The number of ether oxygens (including phenoxy) is 1. The van der Waals surface area contributed by atoms with E-state index >= 15 is 0 Å². The first kappa shape index (κ1) is 27.5. The fourth-order valence-electron chi connectivity index (χ4n) is 3.94. The predicted molar refractivity (Wildman–Crippen MR) is 149 cm³/mol. The molecule has 0 atom stereocenters.